The first-order valence-corrected chi connectivity index (χ1v) is 7.73. The summed E-state index contributed by atoms with van der Waals surface area (Å²) in [6, 6.07) is 5.27. The molecule has 24 heavy (non-hydrogen) atoms. The quantitative estimate of drug-likeness (QED) is 0.721. The number of rotatable bonds is 5. The maximum atomic E-state index is 12.8. The summed E-state index contributed by atoms with van der Waals surface area (Å²) in [5, 5.41) is 8.12. The van der Waals surface area contributed by atoms with Gasteiger partial charge in [0.2, 0.25) is 0 Å². The highest BCUT2D eigenvalue weighted by Gasteiger charge is 2.24. The van der Waals surface area contributed by atoms with E-state index in [-0.39, 0.29) is 17.6 Å². The van der Waals surface area contributed by atoms with Crippen molar-refractivity contribution in [3.05, 3.63) is 60.0 Å². The molecule has 0 aromatic carbocycles. The molecule has 0 bridgehead atoms. The number of anilines is 1. The molecule has 7 nitrogen and oxygen atoms in total. The van der Waals surface area contributed by atoms with Crippen molar-refractivity contribution >= 4 is 11.6 Å². The number of hydrogen-bond acceptors (Lipinski definition) is 5. The summed E-state index contributed by atoms with van der Waals surface area (Å²) in [5.74, 6) is 0.362. The molecule has 0 aliphatic carbocycles. The molecule has 3 rings (SSSR count). The summed E-state index contributed by atoms with van der Waals surface area (Å²) in [5.41, 5.74) is 2.06. The Balaban J connectivity index is 1.81. The molecule has 0 unspecified atom stereocenters. The van der Waals surface area contributed by atoms with Crippen molar-refractivity contribution in [1.29, 1.82) is 0 Å². The molecular weight excluding hydrogens is 306 g/mol. The lowest BCUT2D eigenvalue weighted by Gasteiger charge is -2.25. The van der Waals surface area contributed by atoms with Gasteiger partial charge in [0.1, 0.15) is 6.54 Å². The van der Waals surface area contributed by atoms with Crippen molar-refractivity contribution in [3.63, 3.8) is 0 Å². The monoisotopic (exact) mass is 325 g/mol. The Morgan fingerprint density at radius 2 is 2.21 bits per heavy atom. The minimum atomic E-state index is -0.218. The van der Waals surface area contributed by atoms with Crippen molar-refractivity contribution in [1.82, 2.24) is 19.9 Å². The minimum absolute atomic E-state index is 0.0318. The van der Waals surface area contributed by atoms with Crippen LogP contribution in [0.25, 0.3) is 0 Å². The smallest absolute Gasteiger partial charge is 0.280 e. The Morgan fingerprint density at radius 1 is 1.38 bits per heavy atom. The topological polar surface area (TPSA) is 77.1 Å². The van der Waals surface area contributed by atoms with Crippen molar-refractivity contribution in [2.45, 2.75) is 33.4 Å². The van der Waals surface area contributed by atoms with E-state index >= 15 is 0 Å². The lowest BCUT2D eigenvalue weighted by molar-refractivity contribution is 0.0971. The normalized spacial score (nSPS) is 11.0. The number of carbonyl (C=O) groups is 1. The van der Waals surface area contributed by atoms with E-state index in [1.807, 2.05) is 33.0 Å². The SMILES string of the molecule is Cc1cnn(Cc2cc(C(=O)N(c3cccnc3)C(C)C)no2)c1. The molecule has 7 heteroatoms. The summed E-state index contributed by atoms with van der Waals surface area (Å²) >= 11 is 0. The van der Waals surface area contributed by atoms with Crippen molar-refractivity contribution in [3.8, 4) is 0 Å². The van der Waals surface area contributed by atoms with E-state index in [4.69, 9.17) is 4.52 Å². The van der Waals surface area contributed by atoms with E-state index in [0.29, 0.717) is 12.3 Å². The van der Waals surface area contributed by atoms with Gasteiger partial charge in [0.05, 0.1) is 18.1 Å². The molecule has 124 valence electrons. The van der Waals surface area contributed by atoms with Crippen LogP contribution in [-0.2, 0) is 6.54 Å². The van der Waals surface area contributed by atoms with Crippen LogP contribution in [0.5, 0.6) is 0 Å². The summed E-state index contributed by atoms with van der Waals surface area (Å²) < 4.78 is 7.03. The van der Waals surface area contributed by atoms with Crippen molar-refractivity contribution in [2.24, 2.45) is 0 Å². The summed E-state index contributed by atoms with van der Waals surface area (Å²) in [6.07, 6.45) is 7.00. The molecule has 0 radical (unpaired) electrons. The second-order valence-electron chi connectivity index (χ2n) is 5.87. The predicted octanol–water partition coefficient (Wildman–Crippen LogP) is 2.68. The highest BCUT2D eigenvalue weighted by molar-refractivity contribution is 6.05. The molecule has 0 aliphatic rings. The predicted molar refractivity (Wildman–Crippen MR) is 88.8 cm³/mol. The molecule has 0 fully saturated rings. The summed E-state index contributed by atoms with van der Waals surface area (Å²) in [6.45, 7) is 6.28. The molecule has 0 saturated carbocycles. The summed E-state index contributed by atoms with van der Waals surface area (Å²) in [7, 11) is 0. The largest absolute Gasteiger partial charge is 0.359 e. The zero-order valence-electron chi connectivity index (χ0n) is 13.9. The third kappa shape index (κ3) is 3.34. The molecule has 0 aliphatic heterocycles. The number of carbonyl (C=O) groups excluding carboxylic acids is 1. The van der Waals surface area contributed by atoms with Gasteiger partial charge in [-0.1, -0.05) is 5.16 Å². The van der Waals surface area contributed by atoms with Gasteiger partial charge in [-0.05, 0) is 38.5 Å². The number of aromatic nitrogens is 4. The Morgan fingerprint density at radius 3 is 2.83 bits per heavy atom. The molecule has 3 aromatic rings. The first-order valence-electron chi connectivity index (χ1n) is 7.73. The fourth-order valence-electron chi connectivity index (χ4n) is 2.47. The maximum absolute atomic E-state index is 12.8. The van der Waals surface area contributed by atoms with Crippen LogP contribution in [0.2, 0.25) is 0 Å². The Hall–Kier alpha value is -2.96. The van der Waals surface area contributed by atoms with E-state index < -0.39 is 0 Å². The zero-order chi connectivity index (χ0) is 17.1. The van der Waals surface area contributed by atoms with E-state index in [1.54, 1.807) is 40.3 Å². The van der Waals surface area contributed by atoms with Crippen LogP contribution in [0.15, 0.2) is 47.5 Å². The highest BCUT2D eigenvalue weighted by atomic mass is 16.5. The van der Waals surface area contributed by atoms with Crippen LogP contribution in [0.3, 0.4) is 0 Å². The van der Waals surface area contributed by atoms with Crippen LogP contribution < -0.4 is 4.90 Å². The van der Waals surface area contributed by atoms with E-state index in [0.717, 1.165) is 11.3 Å². The average Bonchev–Trinajstić information content (AvgIpc) is 3.18. The molecule has 0 N–H and O–H groups in total. The Labute approximate surface area is 139 Å². The standard InChI is InChI=1S/C17H19N5O2/c1-12(2)22(14-5-4-6-18-9-14)17(23)16-7-15(24-20-16)11-21-10-13(3)8-19-21/h4-10,12H,11H2,1-3H3. The summed E-state index contributed by atoms with van der Waals surface area (Å²) in [4.78, 5) is 18.5. The Kier molecular flexibility index (Phi) is 4.41. The van der Waals surface area contributed by atoms with Crippen LogP contribution in [0, 0.1) is 6.92 Å². The van der Waals surface area contributed by atoms with E-state index in [2.05, 4.69) is 15.2 Å². The van der Waals surface area contributed by atoms with Crippen molar-refractivity contribution < 1.29 is 9.32 Å². The minimum Gasteiger partial charge on any atom is -0.359 e. The number of nitrogens with zero attached hydrogens (tertiary/aromatic N) is 5. The third-order valence-electron chi connectivity index (χ3n) is 3.52. The van der Waals surface area contributed by atoms with E-state index in [9.17, 15) is 4.79 Å². The second kappa shape index (κ2) is 6.66. The number of hydrogen-bond donors (Lipinski definition) is 0. The first kappa shape index (κ1) is 15.9. The lowest BCUT2D eigenvalue weighted by Crippen LogP contribution is -2.37. The van der Waals surface area contributed by atoms with E-state index in [1.165, 1.54) is 0 Å². The van der Waals surface area contributed by atoms with Gasteiger partial charge >= 0.3 is 0 Å². The van der Waals surface area contributed by atoms with Crippen LogP contribution in [-0.4, -0.2) is 31.9 Å². The second-order valence-corrected chi connectivity index (χ2v) is 5.87. The van der Waals surface area contributed by atoms with Crippen LogP contribution in [0.4, 0.5) is 5.69 Å². The third-order valence-corrected chi connectivity index (χ3v) is 3.52. The fraction of sp³-hybridized carbons (Fsp3) is 0.294. The zero-order valence-corrected chi connectivity index (χ0v) is 13.9. The van der Waals surface area contributed by atoms with Gasteiger partial charge in [0, 0.05) is 24.5 Å². The molecule has 3 heterocycles. The highest BCUT2D eigenvalue weighted by Crippen LogP contribution is 2.19. The molecule has 0 saturated heterocycles. The van der Waals surface area contributed by atoms with Gasteiger partial charge < -0.3 is 9.42 Å². The van der Waals surface area contributed by atoms with Crippen LogP contribution >= 0.6 is 0 Å². The number of amides is 1. The molecule has 1 amide bonds. The first-order chi connectivity index (χ1) is 11.5. The maximum Gasteiger partial charge on any atom is 0.280 e. The van der Waals surface area contributed by atoms with Gasteiger partial charge in [-0.15, -0.1) is 0 Å². The van der Waals surface area contributed by atoms with Gasteiger partial charge in [0.25, 0.3) is 5.91 Å². The van der Waals surface area contributed by atoms with Gasteiger partial charge in [-0.25, -0.2) is 0 Å². The van der Waals surface area contributed by atoms with Gasteiger partial charge in [-0.3, -0.25) is 14.5 Å². The van der Waals surface area contributed by atoms with Gasteiger partial charge in [-0.2, -0.15) is 5.10 Å². The fourth-order valence-corrected chi connectivity index (χ4v) is 2.47. The lowest BCUT2D eigenvalue weighted by atomic mass is 10.2. The average molecular weight is 325 g/mol. The number of pyridine rings is 1. The van der Waals surface area contributed by atoms with Crippen LogP contribution in [0.1, 0.15) is 35.7 Å². The molecule has 0 atom stereocenters. The van der Waals surface area contributed by atoms with Crippen molar-refractivity contribution in [2.75, 3.05) is 4.90 Å². The molecular formula is C17H19N5O2. The molecule has 3 aromatic heterocycles. The van der Waals surface area contributed by atoms with Gasteiger partial charge in [0.15, 0.2) is 11.5 Å². The Bertz CT molecular complexity index is 822. The number of aryl methyl sites for hydroxylation is 1. The molecule has 0 spiro atoms.